The van der Waals surface area contributed by atoms with Crippen LogP contribution >= 0.6 is 11.8 Å². The van der Waals surface area contributed by atoms with Gasteiger partial charge in [-0.3, -0.25) is 4.57 Å². The van der Waals surface area contributed by atoms with Crippen LogP contribution in [0.3, 0.4) is 0 Å². The van der Waals surface area contributed by atoms with E-state index in [2.05, 4.69) is 27.3 Å². The lowest BCUT2D eigenvalue weighted by Gasteiger charge is -2.11. The van der Waals surface area contributed by atoms with E-state index in [-0.39, 0.29) is 11.1 Å². The second-order valence-electron chi connectivity index (χ2n) is 6.45. The molecule has 1 saturated carbocycles. The summed E-state index contributed by atoms with van der Waals surface area (Å²) in [5.41, 5.74) is 0.481. The van der Waals surface area contributed by atoms with Crippen LogP contribution < -0.4 is 0 Å². The Hall–Kier alpha value is -2.22. The molecule has 2 aromatic heterocycles. The van der Waals surface area contributed by atoms with E-state index < -0.39 is 0 Å². The van der Waals surface area contributed by atoms with Gasteiger partial charge in [-0.1, -0.05) is 36.0 Å². The van der Waals surface area contributed by atoms with Crippen LogP contribution in [0, 0.1) is 5.82 Å². The fourth-order valence-corrected chi connectivity index (χ4v) is 3.76. The molecule has 4 rings (SSSR count). The minimum absolute atomic E-state index is 0.0525. The average Bonchev–Trinajstić information content (AvgIpc) is 3.21. The Balaban J connectivity index is 1.61. The standard InChI is InChI=1S/C18H20FN5OS/c1-3-6-15-20-17(25-23-15)11(2)26-18-22-21-16(24(18)12-9-10-12)13-7-4-5-8-14(13)19/h4-5,7-8,11-12H,3,6,9-10H2,1-2H3. The van der Waals surface area contributed by atoms with Gasteiger partial charge in [0.25, 0.3) is 0 Å². The van der Waals surface area contributed by atoms with Gasteiger partial charge in [-0.05, 0) is 38.3 Å². The fourth-order valence-electron chi connectivity index (χ4n) is 2.81. The number of aromatic nitrogens is 5. The van der Waals surface area contributed by atoms with Crippen molar-refractivity contribution in [2.24, 2.45) is 0 Å². The first-order chi connectivity index (χ1) is 12.7. The van der Waals surface area contributed by atoms with Crippen LogP contribution in [-0.4, -0.2) is 24.9 Å². The third-order valence-electron chi connectivity index (χ3n) is 4.28. The first-order valence-electron chi connectivity index (χ1n) is 8.86. The molecule has 3 aromatic rings. The molecule has 1 unspecified atom stereocenters. The Morgan fingerprint density at radius 1 is 1.31 bits per heavy atom. The summed E-state index contributed by atoms with van der Waals surface area (Å²) in [5, 5.41) is 13.3. The minimum atomic E-state index is -0.285. The molecule has 26 heavy (non-hydrogen) atoms. The zero-order chi connectivity index (χ0) is 18.1. The van der Waals surface area contributed by atoms with Gasteiger partial charge in [-0.15, -0.1) is 10.2 Å². The van der Waals surface area contributed by atoms with E-state index in [1.54, 1.807) is 12.1 Å². The van der Waals surface area contributed by atoms with Crippen molar-refractivity contribution < 1.29 is 8.91 Å². The first kappa shape index (κ1) is 17.2. The van der Waals surface area contributed by atoms with Crippen molar-refractivity contribution in [3.8, 4) is 11.4 Å². The highest BCUT2D eigenvalue weighted by Crippen LogP contribution is 2.43. The molecule has 0 amide bonds. The molecule has 0 saturated heterocycles. The van der Waals surface area contributed by atoms with E-state index in [9.17, 15) is 4.39 Å². The van der Waals surface area contributed by atoms with Gasteiger partial charge in [0.15, 0.2) is 16.8 Å². The average molecular weight is 373 g/mol. The van der Waals surface area contributed by atoms with Crippen molar-refractivity contribution in [3.63, 3.8) is 0 Å². The molecular weight excluding hydrogens is 353 g/mol. The van der Waals surface area contributed by atoms with Crippen LogP contribution in [0.15, 0.2) is 33.9 Å². The lowest BCUT2D eigenvalue weighted by atomic mass is 10.2. The molecule has 1 aliphatic carbocycles. The van der Waals surface area contributed by atoms with Gasteiger partial charge in [0.1, 0.15) is 5.82 Å². The summed E-state index contributed by atoms with van der Waals surface area (Å²) in [5.74, 6) is 1.60. The molecule has 0 spiro atoms. The number of nitrogens with zero attached hydrogens (tertiary/aromatic N) is 5. The Kier molecular flexibility index (Phi) is 4.76. The molecule has 0 radical (unpaired) electrons. The predicted octanol–water partition coefficient (Wildman–Crippen LogP) is 4.61. The van der Waals surface area contributed by atoms with Crippen LogP contribution in [-0.2, 0) is 6.42 Å². The molecule has 0 bridgehead atoms. The minimum Gasteiger partial charge on any atom is -0.338 e. The van der Waals surface area contributed by atoms with Gasteiger partial charge in [-0.25, -0.2) is 4.39 Å². The van der Waals surface area contributed by atoms with Gasteiger partial charge in [0.2, 0.25) is 5.89 Å². The quantitative estimate of drug-likeness (QED) is 0.563. The topological polar surface area (TPSA) is 69.6 Å². The highest BCUT2D eigenvalue weighted by Gasteiger charge is 2.32. The van der Waals surface area contributed by atoms with Crippen molar-refractivity contribution in [1.82, 2.24) is 24.9 Å². The van der Waals surface area contributed by atoms with Crippen LogP contribution in [0.25, 0.3) is 11.4 Å². The summed E-state index contributed by atoms with van der Waals surface area (Å²) in [6, 6.07) is 7.01. The normalized spacial score (nSPS) is 15.3. The first-order valence-corrected chi connectivity index (χ1v) is 9.74. The second kappa shape index (κ2) is 7.19. The number of rotatable bonds is 7. The van der Waals surface area contributed by atoms with Gasteiger partial charge in [0.05, 0.1) is 10.8 Å². The van der Waals surface area contributed by atoms with E-state index in [4.69, 9.17) is 4.52 Å². The molecule has 1 aromatic carbocycles. The third-order valence-corrected chi connectivity index (χ3v) is 5.32. The molecule has 1 aliphatic rings. The van der Waals surface area contributed by atoms with E-state index in [0.717, 1.165) is 36.7 Å². The van der Waals surface area contributed by atoms with E-state index in [1.807, 2.05) is 17.6 Å². The zero-order valence-electron chi connectivity index (χ0n) is 14.7. The summed E-state index contributed by atoms with van der Waals surface area (Å²) in [4.78, 5) is 4.45. The lowest BCUT2D eigenvalue weighted by Crippen LogP contribution is -2.02. The molecule has 6 nitrogen and oxygen atoms in total. The highest BCUT2D eigenvalue weighted by atomic mass is 32.2. The van der Waals surface area contributed by atoms with Crippen molar-refractivity contribution in [2.75, 3.05) is 0 Å². The van der Waals surface area contributed by atoms with Gasteiger partial charge in [-0.2, -0.15) is 4.98 Å². The number of hydrogen-bond donors (Lipinski definition) is 0. The molecule has 1 atom stereocenters. The van der Waals surface area contributed by atoms with Crippen molar-refractivity contribution >= 4 is 11.8 Å². The molecule has 0 N–H and O–H groups in total. The van der Waals surface area contributed by atoms with Crippen LogP contribution in [0.1, 0.15) is 56.1 Å². The number of aryl methyl sites for hydroxylation is 1. The second-order valence-corrected chi connectivity index (χ2v) is 7.75. The van der Waals surface area contributed by atoms with E-state index in [1.165, 1.54) is 17.8 Å². The molecule has 136 valence electrons. The Bertz CT molecular complexity index is 905. The van der Waals surface area contributed by atoms with Crippen LogP contribution in [0.2, 0.25) is 0 Å². The lowest BCUT2D eigenvalue weighted by molar-refractivity contribution is 0.374. The number of benzene rings is 1. The van der Waals surface area contributed by atoms with E-state index >= 15 is 0 Å². The molecule has 0 aliphatic heterocycles. The molecule has 1 fully saturated rings. The number of hydrogen-bond acceptors (Lipinski definition) is 6. The van der Waals surface area contributed by atoms with E-state index in [0.29, 0.717) is 23.3 Å². The Morgan fingerprint density at radius 3 is 2.85 bits per heavy atom. The van der Waals surface area contributed by atoms with Crippen molar-refractivity contribution in [1.29, 1.82) is 0 Å². The molecule has 2 heterocycles. The fraction of sp³-hybridized carbons (Fsp3) is 0.444. The maximum absolute atomic E-state index is 14.2. The SMILES string of the molecule is CCCc1noc(C(C)Sc2nnc(-c3ccccc3F)n2C2CC2)n1. The smallest absolute Gasteiger partial charge is 0.239 e. The van der Waals surface area contributed by atoms with Crippen LogP contribution in [0.4, 0.5) is 4.39 Å². The van der Waals surface area contributed by atoms with Gasteiger partial charge >= 0.3 is 0 Å². The monoisotopic (exact) mass is 373 g/mol. The van der Waals surface area contributed by atoms with Gasteiger partial charge in [0, 0.05) is 12.5 Å². The third kappa shape index (κ3) is 3.38. The maximum Gasteiger partial charge on any atom is 0.239 e. The summed E-state index contributed by atoms with van der Waals surface area (Å²) in [6.45, 7) is 4.08. The Morgan fingerprint density at radius 2 is 2.12 bits per heavy atom. The summed E-state index contributed by atoms with van der Waals surface area (Å²) in [6.07, 6.45) is 3.89. The van der Waals surface area contributed by atoms with Crippen LogP contribution in [0.5, 0.6) is 0 Å². The molecular formula is C18H20FN5OS. The van der Waals surface area contributed by atoms with Crippen molar-refractivity contribution in [3.05, 3.63) is 41.8 Å². The summed E-state index contributed by atoms with van der Waals surface area (Å²) in [7, 11) is 0. The maximum atomic E-state index is 14.2. The van der Waals surface area contributed by atoms with Gasteiger partial charge < -0.3 is 4.52 Å². The van der Waals surface area contributed by atoms with Crippen molar-refractivity contribution in [2.45, 2.75) is 56.0 Å². The highest BCUT2D eigenvalue weighted by molar-refractivity contribution is 7.99. The Labute approximate surface area is 155 Å². The summed E-state index contributed by atoms with van der Waals surface area (Å²) < 4.78 is 21.7. The largest absolute Gasteiger partial charge is 0.338 e. The zero-order valence-corrected chi connectivity index (χ0v) is 15.5. The number of halogens is 1. The summed E-state index contributed by atoms with van der Waals surface area (Å²) >= 11 is 1.52. The number of thioether (sulfide) groups is 1. The predicted molar refractivity (Wildman–Crippen MR) is 96.3 cm³/mol. The molecule has 8 heteroatoms.